The second kappa shape index (κ2) is 5.30. The molecule has 0 spiro atoms. The average molecular weight is 283 g/mol. The van der Waals surface area contributed by atoms with Gasteiger partial charge in [-0.25, -0.2) is 4.98 Å². The second-order valence-electron chi connectivity index (χ2n) is 4.32. The number of carbonyl (C=O) groups excluding carboxylic acids is 1. The highest BCUT2D eigenvalue weighted by Gasteiger charge is 2.07. The van der Waals surface area contributed by atoms with Gasteiger partial charge in [0.25, 0.3) is 5.91 Å². The quantitative estimate of drug-likeness (QED) is 0.772. The zero-order chi connectivity index (χ0) is 13.9. The molecule has 0 aliphatic rings. The fourth-order valence-corrected chi connectivity index (χ4v) is 2.64. The van der Waals surface area contributed by atoms with Crippen LogP contribution in [-0.2, 0) is 0 Å². The standard InChI is InChI=1S/C15H13N3OS/c1-16-11-4-2-10(3-5-11)15(19)18-12-6-7-13-14(8-12)20-9-17-13/h2-9,16H,1H3,(H,18,19). The fraction of sp³-hybridized carbons (Fsp3) is 0.0667. The number of benzene rings is 2. The lowest BCUT2D eigenvalue weighted by molar-refractivity contribution is 0.102. The maximum Gasteiger partial charge on any atom is 0.255 e. The number of nitrogens with one attached hydrogen (secondary N) is 2. The summed E-state index contributed by atoms with van der Waals surface area (Å²) in [5.74, 6) is -0.114. The molecular formula is C15H13N3OS. The molecule has 0 fully saturated rings. The van der Waals surface area contributed by atoms with Crippen LogP contribution in [0, 0.1) is 0 Å². The normalized spacial score (nSPS) is 10.4. The van der Waals surface area contributed by atoms with E-state index in [0.29, 0.717) is 5.56 Å². The molecule has 2 N–H and O–H groups in total. The van der Waals surface area contributed by atoms with Gasteiger partial charge in [0.15, 0.2) is 0 Å². The Balaban J connectivity index is 1.80. The van der Waals surface area contributed by atoms with Gasteiger partial charge in [0.05, 0.1) is 15.7 Å². The number of carbonyl (C=O) groups is 1. The summed E-state index contributed by atoms with van der Waals surface area (Å²) in [7, 11) is 1.85. The molecule has 2 aromatic carbocycles. The summed E-state index contributed by atoms with van der Waals surface area (Å²) in [5, 5.41) is 5.92. The topological polar surface area (TPSA) is 54.0 Å². The number of thiazole rings is 1. The molecule has 1 amide bonds. The van der Waals surface area contributed by atoms with Crippen LogP contribution in [0.15, 0.2) is 48.0 Å². The van der Waals surface area contributed by atoms with Crippen molar-refractivity contribution in [2.45, 2.75) is 0 Å². The number of nitrogens with zero attached hydrogens (tertiary/aromatic N) is 1. The van der Waals surface area contributed by atoms with E-state index < -0.39 is 0 Å². The van der Waals surface area contributed by atoms with Crippen molar-refractivity contribution in [1.82, 2.24) is 4.98 Å². The molecular weight excluding hydrogens is 270 g/mol. The third-order valence-corrected chi connectivity index (χ3v) is 3.82. The summed E-state index contributed by atoms with van der Waals surface area (Å²) < 4.78 is 1.06. The number of amides is 1. The van der Waals surface area contributed by atoms with Crippen molar-refractivity contribution in [3.63, 3.8) is 0 Å². The molecule has 100 valence electrons. The van der Waals surface area contributed by atoms with Crippen molar-refractivity contribution in [3.8, 4) is 0 Å². The first-order chi connectivity index (χ1) is 9.76. The molecule has 20 heavy (non-hydrogen) atoms. The van der Waals surface area contributed by atoms with Gasteiger partial charge < -0.3 is 10.6 Å². The van der Waals surface area contributed by atoms with Crippen LogP contribution in [0.1, 0.15) is 10.4 Å². The van der Waals surface area contributed by atoms with Gasteiger partial charge in [0.2, 0.25) is 0 Å². The summed E-state index contributed by atoms with van der Waals surface area (Å²) in [6, 6.07) is 13.1. The molecule has 0 aliphatic heterocycles. The SMILES string of the molecule is CNc1ccc(C(=O)Nc2ccc3ncsc3c2)cc1. The number of anilines is 2. The van der Waals surface area contributed by atoms with E-state index in [1.54, 1.807) is 29.0 Å². The summed E-state index contributed by atoms with van der Waals surface area (Å²) in [5.41, 5.74) is 5.14. The summed E-state index contributed by atoms with van der Waals surface area (Å²) >= 11 is 1.56. The van der Waals surface area contributed by atoms with Crippen molar-refractivity contribution < 1.29 is 4.79 Å². The first-order valence-electron chi connectivity index (χ1n) is 6.19. The number of hydrogen-bond acceptors (Lipinski definition) is 4. The zero-order valence-corrected chi connectivity index (χ0v) is 11.7. The Bertz CT molecular complexity index is 749. The second-order valence-corrected chi connectivity index (χ2v) is 5.20. The molecule has 0 aliphatic carbocycles. The monoisotopic (exact) mass is 283 g/mol. The molecule has 0 bridgehead atoms. The van der Waals surface area contributed by atoms with E-state index >= 15 is 0 Å². The van der Waals surface area contributed by atoms with Crippen molar-refractivity contribution in [2.75, 3.05) is 17.7 Å². The van der Waals surface area contributed by atoms with Crippen molar-refractivity contribution in [2.24, 2.45) is 0 Å². The Morgan fingerprint density at radius 3 is 2.60 bits per heavy atom. The molecule has 1 heterocycles. The van der Waals surface area contributed by atoms with Crippen molar-refractivity contribution in [3.05, 3.63) is 53.5 Å². The number of aromatic nitrogens is 1. The van der Waals surface area contributed by atoms with Gasteiger partial charge in [-0.3, -0.25) is 4.79 Å². The third kappa shape index (κ3) is 2.48. The van der Waals surface area contributed by atoms with Crippen LogP contribution in [0.4, 0.5) is 11.4 Å². The molecule has 0 radical (unpaired) electrons. The van der Waals surface area contributed by atoms with Crippen LogP contribution in [0.3, 0.4) is 0 Å². The van der Waals surface area contributed by atoms with Gasteiger partial charge in [-0.1, -0.05) is 0 Å². The largest absolute Gasteiger partial charge is 0.388 e. The Morgan fingerprint density at radius 2 is 1.85 bits per heavy atom. The van der Waals surface area contributed by atoms with Crippen molar-refractivity contribution in [1.29, 1.82) is 0 Å². The minimum Gasteiger partial charge on any atom is -0.388 e. The predicted octanol–water partition coefficient (Wildman–Crippen LogP) is 3.59. The molecule has 0 atom stereocenters. The van der Waals surface area contributed by atoms with Gasteiger partial charge in [-0.05, 0) is 42.5 Å². The highest BCUT2D eigenvalue weighted by atomic mass is 32.1. The average Bonchev–Trinajstić information content (AvgIpc) is 2.95. The minimum absolute atomic E-state index is 0.114. The summed E-state index contributed by atoms with van der Waals surface area (Å²) in [6.07, 6.45) is 0. The zero-order valence-electron chi connectivity index (χ0n) is 10.9. The number of hydrogen-bond donors (Lipinski definition) is 2. The first kappa shape index (κ1) is 12.6. The van der Waals surface area contributed by atoms with E-state index in [4.69, 9.17) is 0 Å². The lowest BCUT2D eigenvalue weighted by Gasteiger charge is -2.06. The van der Waals surface area contributed by atoms with Crippen LogP contribution in [0.25, 0.3) is 10.2 Å². The molecule has 4 nitrogen and oxygen atoms in total. The Kier molecular flexibility index (Phi) is 3.35. The van der Waals surface area contributed by atoms with Gasteiger partial charge in [0.1, 0.15) is 0 Å². The van der Waals surface area contributed by atoms with Gasteiger partial charge in [-0.2, -0.15) is 0 Å². The van der Waals surface area contributed by atoms with Gasteiger partial charge >= 0.3 is 0 Å². The van der Waals surface area contributed by atoms with Crippen LogP contribution in [-0.4, -0.2) is 17.9 Å². The van der Waals surface area contributed by atoms with E-state index in [-0.39, 0.29) is 5.91 Å². The predicted molar refractivity (Wildman–Crippen MR) is 83.6 cm³/mol. The Morgan fingerprint density at radius 1 is 1.10 bits per heavy atom. The van der Waals surface area contributed by atoms with E-state index in [2.05, 4.69) is 15.6 Å². The van der Waals surface area contributed by atoms with E-state index in [9.17, 15) is 4.79 Å². The third-order valence-electron chi connectivity index (χ3n) is 3.02. The lowest BCUT2D eigenvalue weighted by atomic mass is 10.2. The highest BCUT2D eigenvalue weighted by Crippen LogP contribution is 2.22. The molecule has 5 heteroatoms. The minimum atomic E-state index is -0.114. The number of fused-ring (bicyclic) bond motifs is 1. The van der Waals surface area contributed by atoms with Crippen molar-refractivity contribution >= 4 is 38.8 Å². The highest BCUT2D eigenvalue weighted by molar-refractivity contribution is 7.16. The summed E-state index contributed by atoms with van der Waals surface area (Å²) in [6.45, 7) is 0. The van der Waals surface area contributed by atoms with Crippen LogP contribution in [0.5, 0.6) is 0 Å². The Labute approximate surface area is 120 Å². The first-order valence-corrected chi connectivity index (χ1v) is 7.06. The molecule has 0 saturated heterocycles. The molecule has 0 saturated carbocycles. The maximum atomic E-state index is 12.1. The molecule has 3 aromatic rings. The van der Waals surface area contributed by atoms with Crippen LogP contribution in [0.2, 0.25) is 0 Å². The van der Waals surface area contributed by atoms with Crippen LogP contribution >= 0.6 is 11.3 Å². The summed E-state index contributed by atoms with van der Waals surface area (Å²) in [4.78, 5) is 16.4. The molecule has 3 rings (SSSR count). The fourth-order valence-electron chi connectivity index (χ4n) is 1.92. The van der Waals surface area contributed by atoms with E-state index in [1.165, 1.54) is 0 Å². The smallest absolute Gasteiger partial charge is 0.255 e. The lowest BCUT2D eigenvalue weighted by Crippen LogP contribution is -2.11. The van der Waals surface area contributed by atoms with Gasteiger partial charge in [0, 0.05) is 24.0 Å². The Hall–Kier alpha value is -2.40. The van der Waals surface area contributed by atoms with Crippen LogP contribution < -0.4 is 10.6 Å². The maximum absolute atomic E-state index is 12.1. The van der Waals surface area contributed by atoms with Gasteiger partial charge in [-0.15, -0.1) is 11.3 Å². The van der Waals surface area contributed by atoms with E-state index in [0.717, 1.165) is 21.6 Å². The molecule has 0 unspecified atom stereocenters. The number of rotatable bonds is 3. The van der Waals surface area contributed by atoms with E-state index in [1.807, 2.05) is 37.4 Å². The molecule has 1 aromatic heterocycles.